The Balaban J connectivity index is 5.92. The number of ether oxygens (including phenoxy) is 4. The van der Waals surface area contributed by atoms with Crippen molar-refractivity contribution in [2.75, 3.05) is 52.4 Å². The minimum absolute atomic E-state index is 0.0118. The van der Waals surface area contributed by atoms with Crippen LogP contribution in [-0.4, -0.2) is 122 Å². The van der Waals surface area contributed by atoms with Gasteiger partial charge in [0.05, 0.1) is 16.2 Å². The van der Waals surface area contributed by atoms with Crippen molar-refractivity contribution in [3.63, 3.8) is 0 Å². The first kappa shape index (κ1) is 113. The van der Waals surface area contributed by atoms with Gasteiger partial charge < -0.3 is 39.4 Å². The fraction of sp³-hybridized carbons (Fsp3) is 0.941. The summed E-state index contributed by atoms with van der Waals surface area (Å²) in [4.78, 5) is 86.3. The fourth-order valence-corrected chi connectivity index (χ4v) is 16.3. The lowest BCUT2D eigenvalue weighted by Gasteiger charge is -2.27. The Labute approximate surface area is 720 Å². The molecule has 2 unspecified atom stereocenters. The third kappa shape index (κ3) is 68.3. The van der Waals surface area contributed by atoms with Crippen LogP contribution in [0.4, 0.5) is 0 Å². The average Bonchev–Trinajstić information content (AvgIpc) is 0.883. The molecule has 686 valence electrons. The second-order valence-electron chi connectivity index (χ2n) is 37.9. The molecule has 14 nitrogen and oxygen atoms in total. The molecule has 0 aliphatic carbocycles. The van der Waals surface area contributed by atoms with Gasteiger partial charge in [-0.05, 0) is 209 Å². The number of carbonyl (C=O) groups excluding carboxylic acids is 6. The zero-order valence-corrected chi connectivity index (χ0v) is 79.8. The molecule has 2 atom stereocenters. The molecule has 0 saturated carbocycles. The van der Waals surface area contributed by atoms with Crippen LogP contribution in [0.1, 0.15) is 527 Å². The molecule has 0 saturated heterocycles. The summed E-state index contributed by atoms with van der Waals surface area (Å²) >= 11 is 0. The second kappa shape index (κ2) is 79.0. The first-order valence-electron chi connectivity index (χ1n) is 50.9. The highest BCUT2D eigenvalue weighted by atomic mass is 16.6. The third-order valence-corrected chi connectivity index (χ3v) is 25.0. The smallest absolute Gasteiger partial charge is 0.311 e. The predicted molar refractivity (Wildman–Crippen MR) is 494 cm³/mol. The van der Waals surface area contributed by atoms with Crippen LogP contribution in [0, 0.1) is 16.2 Å². The maximum Gasteiger partial charge on any atom is 0.311 e. The molecule has 0 aromatic heterocycles. The van der Waals surface area contributed by atoms with Crippen LogP contribution >= 0.6 is 0 Å². The Morgan fingerprint density at radius 3 is 0.741 bits per heavy atom. The van der Waals surface area contributed by atoms with Crippen LogP contribution in [0.5, 0.6) is 0 Å². The SMILES string of the molecule is CCCCCCCCCCC(CC)OC(=O)C(C)(C)CCCCN(CCCCCCCC(=O)OC(CCCCCCCC)CCCCCCCC)CCNC(=O)CCC(=O)NCCN(CCCCCCC(C)(C)C(=O)OC(CCCCCCCC)CCCCCCCC)CCCCC(C)(C)C(=O)OC(CC)CCCCCCCCCC. The third-order valence-electron chi connectivity index (χ3n) is 25.0. The van der Waals surface area contributed by atoms with Gasteiger partial charge in [-0.15, -0.1) is 0 Å². The number of nitrogens with one attached hydrogen (secondary N) is 2. The predicted octanol–water partition coefficient (Wildman–Crippen LogP) is 28.8. The second-order valence-corrected chi connectivity index (χ2v) is 37.9. The molecule has 0 aliphatic heterocycles. The van der Waals surface area contributed by atoms with Gasteiger partial charge in [-0.1, -0.05) is 325 Å². The standard InChI is InChI=1S/C102H198N4O10/c1-15-23-29-35-41-43-50-56-70-90(21-7)114-97(110)101(11,12)80-64-68-86-105(84-66-54-45-52-62-76-96(109)113-92(72-58-46-37-31-25-17-3)73-59-47-38-32-26-18-4)88-82-103-94(107)77-78-95(108)104-83-89-106(87-69-65-81-102(13,14)98(111)115-91(22-8)71-57-51-44-42-36-30-24-16-2)85-67-55-53-63-79-100(9,10)99(112)116-93(74-60-48-39-33-27-19-5)75-61-49-40-34-28-20-6/h90-93H,15-89H2,1-14H3,(H,103,107)(H,104,108). The Morgan fingerprint density at radius 1 is 0.241 bits per heavy atom. The molecule has 0 heterocycles. The minimum atomic E-state index is -0.576. The van der Waals surface area contributed by atoms with E-state index in [1.54, 1.807) is 0 Å². The maximum atomic E-state index is 13.9. The Hall–Kier alpha value is -3.26. The quantitative estimate of drug-likeness (QED) is 0.0336. The highest BCUT2D eigenvalue weighted by molar-refractivity contribution is 5.83. The topological polar surface area (TPSA) is 170 Å². The maximum absolute atomic E-state index is 13.9. The normalized spacial score (nSPS) is 12.7. The van der Waals surface area contributed by atoms with Gasteiger partial charge in [0.15, 0.2) is 0 Å². The summed E-state index contributed by atoms with van der Waals surface area (Å²) in [5, 5.41) is 6.30. The van der Waals surface area contributed by atoms with Crippen molar-refractivity contribution >= 4 is 35.7 Å². The molecule has 2 N–H and O–H groups in total. The summed E-state index contributed by atoms with van der Waals surface area (Å²) < 4.78 is 24.9. The number of carbonyl (C=O) groups is 6. The Bertz CT molecular complexity index is 2230. The summed E-state index contributed by atoms with van der Waals surface area (Å²) in [5.74, 6) is -0.492. The molecule has 14 heteroatoms. The number of rotatable bonds is 89. The highest BCUT2D eigenvalue weighted by Crippen LogP contribution is 2.32. The van der Waals surface area contributed by atoms with E-state index in [9.17, 15) is 28.8 Å². The number of unbranched alkanes of at least 4 members (excludes halogenated alkanes) is 43. The zero-order chi connectivity index (χ0) is 85.7. The summed E-state index contributed by atoms with van der Waals surface area (Å²) in [6.45, 7) is 36.0. The largest absolute Gasteiger partial charge is 0.462 e. The molecular formula is C102H198N4O10. The van der Waals surface area contributed by atoms with Gasteiger partial charge in [-0.3, -0.25) is 28.8 Å². The number of esters is 4. The lowest BCUT2D eigenvalue weighted by atomic mass is 9.86. The minimum Gasteiger partial charge on any atom is -0.462 e. The molecule has 0 fully saturated rings. The van der Waals surface area contributed by atoms with Crippen LogP contribution in [0.25, 0.3) is 0 Å². The molecule has 0 bridgehead atoms. The van der Waals surface area contributed by atoms with E-state index in [4.69, 9.17) is 18.9 Å². The molecule has 0 aromatic carbocycles. The Kier molecular flexibility index (Phi) is 76.7. The van der Waals surface area contributed by atoms with Crippen molar-refractivity contribution in [3.05, 3.63) is 0 Å². The van der Waals surface area contributed by atoms with E-state index < -0.39 is 16.2 Å². The van der Waals surface area contributed by atoms with Crippen molar-refractivity contribution in [1.82, 2.24) is 20.4 Å². The molecule has 116 heavy (non-hydrogen) atoms. The van der Waals surface area contributed by atoms with Gasteiger partial charge >= 0.3 is 23.9 Å². The molecule has 0 rings (SSSR count). The highest BCUT2D eigenvalue weighted by Gasteiger charge is 2.34. The van der Waals surface area contributed by atoms with E-state index in [1.807, 2.05) is 27.7 Å². The van der Waals surface area contributed by atoms with E-state index in [0.717, 1.165) is 219 Å². The number of nitrogens with zero attached hydrogens (tertiary/aromatic N) is 2. The van der Waals surface area contributed by atoms with E-state index in [1.165, 1.54) is 218 Å². The van der Waals surface area contributed by atoms with Gasteiger partial charge in [-0.25, -0.2) is 0 Å². The summed E-state index contributed by atoms with van der Waals surface area (Å²) in [6, 6.07) is 0. The van der Waals surface area contributed by atoms with Gasteiger partial charge in [0.25, 0.3) is 0 Å². The van der Waals surface area contributed by atoms with Crippen molar-refractivity contribution in [2.24, 2.45) is 16.2 Å². The molecule has 0 aliphatic rings. The van der Waals surface area contributed by atoms with Gasteiger partial charge in [-0.2, -0.15) is 0 Å². The van der Waals surface area contributed by atoms with Crippen LogP contribution in [0.15, 0.2) is 0 Å². The van der Waals surface area contributed by atoms with Crippen LogP contribution in [0.2, 0.25) is 0 Å². The average molecular weight is 1640 g/mol. The van der Waals surface area contributed by atoms with Crippen LogP contribution < -0.4 is 10.6 Å². The van der Waals surface area contributed by atoms with Crippen molar-refractivity contribution in [3.8, 4) is 0 Å². The zero-order valence-electron chi connectivity index (χ0n) is 79.8. The monoisotopic (exact) mass is 1640 g/mol. The van der Waals surface area contributed by atoms with Crippen LogP contribution in [-0.2, 0) is 47.7 Å². The number of hydrogen-bond donors (Lipinski definition) is 2. The molecule has 0 aromatic rings. The summed E-state index contributed by atoms with van der Waals surface area (Å²) in [7, 11) is 0. The summed E-state index contributed by atoms with van der Waals surface area (Å²) in [6.07, 6.45) is 73.2. The first-order valence-corrected chi connectivity index (χ1v) is 50.9. The van der Waals surface area contributed by atoms with Crippen molar-refractivity contribution < 1.29 is 47.7 Å². The molecule has 2 amide bonds. The van der Waals surface area contributed by atoms with E-state index in [2.05, 4.69) is 89.7 Å². The Morgan fingerprint density at radius 2 is 0.457 bits per heavy atom. The van der Waals surface area contributed by atoms with Crippen molar-refractivity contribution in [2.45, 2.75) is 552 Å². The van der Waals surface area contributed by atoms with E-state index in [0.29, 0.717) is 32.6 Å². The van der Waals surface area contributed by atoms with Crippen LogP contribution in [0.3, 0.4) is 0 Å². The van der Waals surface area contributed by atoms with E-state index in [-0.39, 0.29) is 72.9 Å². The number of amides is 2. The lowest BCUT2D eigenvalue weighted by molar-refractivity contribution is -0.161. The number of hydrogen-bond acceptors (Lipinski definition) is 12. The fourth-order valence-electron chi connectivity index (χ4n) is 16.3. The molecule has 0 radical (unpaired) electrons. The van der Waals surface area contributed by atoms with Gasteiger partial charge in [0, 0.05) is 45.4 Å². The van der Waals surface area contributed by atoms with Crippen molar-refractivity contribution in [1.29, 1.82) is 0 Å². The van der Waals surface area contributed by atoms with Gasteiger partial charge in [0.2, 0.25) is 11.8 Å². The first-order chi connectivity index (χ1) is 56.1. The summed E-state index contributed by atoms with van der Waals surface area (Å²) in [5.41, 5.74) is -1.68. The molecule has 0 spiro atoms. The van der Waals surface area contributed by atoms with E-state index >= 15 is 0 Å². The van der Waals surface area contributed by atoms with Gasteiger partial charge in [0.1, 0.15) is 24.4 Å². The molecular weight excluding hydrogens is 1440 g/mol. The lowest BCUT2D eigenvalue weighted by Crippen LogP contribution is -2.38.